The van der Waals surface area contributed by atoms with E-state index in [2.05, 4.69) is 5.32 Å². The number of piperazine rings is 1. The lowest BCUT2D eigenvalue weighted by Crippen LogP contribution is -2.58. The first-order valence-electron chi connectivity index (χ1n) is 5.10. The molecule has 0 saturated carbocycles. The second-order valence-corrected chi connectivity index (χ2v) is 4.42. The third-order valence-corrected chi connectivity index (χ3v) is 2.90. The van der Waals surface area contributed by atoms with Crippen molar-refractivity contribution < 1.29 is 9.59 Å². The Kier molecular flexibility index (Phi) is 3.34. The molecule has 2 amide bonds. The Labute approximate surface area is 90.4 Å². The molecule has 5 nitrogen and oxygen atoms in total. The van der Waals surface area contributed by atoms with Crippen LogP contribution in [0.3, 0.4) is 0 Å². The molecule has 1 N–H and O–H groups in total. The van der Waals surface area contributed by atoms with Crippen molar-refractivity contribution in [2.24, 2.45) is 0 Å². The van der Waals surface area contributed by atoms with Gasteiger partial charge in [0.1, 0.15) is 0 Å². The van der Waals surface area contributed by atoms with Crippen molar-refractivity contribution >= 4 is 11.8 Å². The Morgan fingerprint density at radius 2 is 2.00 bits per heavy atom. The van der Waals surface area contributed by atoms with E-state index >= 15 is 0 Å². The molecule has 15 heavy (non-hydrogen) atoms. The molecule has 0 unspecified atom stereocenters. The summed E-state index contributed by atoms with van der Waals surface area (Å²) in [4.78, 5) is 26.7. The second-order valence-electron chi connectivity index (χ2n) is 4.42. The van der Waals surface area contributed by atoms with Gasteiger partial charge in [-0.15, -0.1) is 0 Å². The highest BCUT2D eigenvalue weighted by molar-refractivity contribution is 5.90. The first-order valence-corrected chi connectivity index (χ1v) is 5.10. The summed E-state index contributed by atoms with van der Waals surface area (Å²) >= 11 is 0. The number of hydrogen-bond acceptors (Lipinski definition) is 3. The maximum atomic E-state index is 12.0. The van der Waals surface area contributed by atoms with Crippen molar-refractivity contribution in [1.29, 1.82) is 0 Å². The fraction of sp³-hybridized carbons (Fsp3) is 0.800. The first kappa shape index (κ1) is 12.0. The van der Waals surface area contributed by atoms with Gasteiger partial charge in [0.25, 0.3) is 0 Å². The molecule has 86 valence electrons. The Morgan fingerprint density at radius 1 is 1.40 bits per heavy atom. The first-order chi connectivity index (χ1) is 6.88. The van der Waals surface area contributed by atoms with Crippen molar-refractivity contribution in [2.75, 3.05) is 33.7 Å². The van der Waals surface area contributed by atoms with Gasteiger partial charge in [0.2, 0.25) is 11.8 Å². The van der Waals surface area contributed by atoms with Crippen molar-refractivity contribution in [1.82, 2.24) is 15.1 Å². The van der Waals surface area contributed by atoms with Crippen molar-refractivity contribution in [3.63, 3.8) is 0 Å². The number of carbonyl (C=O) groups is 2. The number of rotatable bonds is 2. The van der Waals surface area contributed by atoms with Crippen LogP contribution in [0, 0.1) is 0 Å². The zero-order valence-corrected chi connectivity index (χ0v) is 9.83. The van der Waals surface area contributed by atoms with Gasteiger partial charge >= 0.3 is 0 Å². The second kappa shape index (κ2) is 4.18. The normalized spacial score (nSPS) is 18.3. The van der Waals surface area contributed by atoms with Crippen molar-refractivity contribution in [3.8, 4) is 0 Å². The van der Waals surface area contributed by atoms with Crippen LogP contribution in [0.5, 0.6) is 0 Å². The predicted octanol–water partition coefficient (Wildman–Crippen LogP) is -0.715. The van der Waals surface area contributed by atoms with E-state index in [1.165, 1.54) is 0 Å². The molecule has 0 radical (unpaired) electrons. The van der Waals surface area contributed by atoms with Crippen LogP contribution < -0.4 is 5.32 Å². The van der Waals surface area contributed by atoms with Gasteiger partial charge in [0.05, 0.1) is 12.1 Å². The lowest BCUT2D eigenvalue weighted by Gasteiger charge is -2.36. The Bertz CT molecular complexity index is 276. The summed E-state index contributed by atoms with van der Waals surface area (Å²) in [5, 5.41) is 2.95. The van der Waals surface area contributed by atoms with Crippen LogP contribution >= 0.6 is 0 Å². The van der Waals surface area contributed by atoms with E-state index in [1.54, 1.807) is 23.9 Å². The summed E-state index contributed by atoms with van der Waals surface area (Å²) in [5.74, 6) is -0.0204. The SMILES string of the molecule is CNC(C)(C)C(=O)N1CCN(C)C(=O)C1. The van der Waals surface area contributed by atoms with Crippen LogP contribution in [0.1, 0.15) is 13.8 Å². The van der Waals surface area contributed by atoms with Gasteiger partial charge in [-0.25, -0.2) is 0 Å². The van der Waals surface area contributed by atoms with Gasteiger partial charge in [-0.05, 0) is 20.9 Å². The zero-order valence-electron chi connectivity index (χ0n) is 9.83. The average Bonchev–Trinajstić information content (AvgIpc) is 2.21. The molecule has 0 aromatic heterocycles. The maximum Gasteiger partial charge on any atom is 0.242 e. The van der Waals surface area contributed by atoms with Crippen LogP contribution in [0.15, 0.2) is 0 Å². The molecular weight excluding hydrogens is 194 g/mol. The lowest BCUT2D eigenvalue weighted by atomic mass is 10.0. The zero-order chi connectivity index (χ0) is 11.6. The number of nitrogens with one attached hydrogen (secondary N) is 1. The molecule has 0 spiro atoms. The summed E-state index contributed by atoms with van der Waals surface area (Å²) in [6.07, 6.45) is 0. The molecular formula is C10H19N3O2. The molecule has 1 aliphatic rings. The fourth-order valence-electron chi connectivity index (χ4n) is 1.43. The fourth-order valence-corrected chi connectivity index (χ4v) is 1.43. The summed E-state index contributed by atoms with van der Waals surface area (Å²) in [7, 11) is 3.50. The molecule has 1 rings (SSSR count). The summed E-state index contributed by atoms with van der Waals surface area (Å²) < 4.78 is 0. The molecule has 1 fully saturated rings. The van der Waals surface area contributed by atoms with Gasteiger partial charge < -0.3 is 15.1 Å². The Hall–Kier alpha value is -1.10. The van der Waals surface area contributed by atoms with Crippen LogP contribution in [0.4, 0.5) is 0 Å². The molecule has 0 aliphatic carbocycles. The summed E-state index contributed by atoms with van der Waals surface area (Å²) in [6.45, 7) is 5.06. The number of hydrogen-bond donors (Lipinski definition) is 1. The van der Waals surface area contributed by atoms with E-state index in [0.29, 0.717) is 13.1 Å². The Balaban J connectivity index is 2.67. The summed E-state index contributed by atoms with van der Waals surface area (Å²) in [6, 6.07) is 0. The molecule has 0 aromatic rings. The monoisotopic (exact) mass is 213 g/mol. The van der Waals surface area contributed by atoms with Crippen molar-refractivity contribution in [2.45, 2.75) is 19.4 Å². The van der Waals surface area contributed by atoms with Crippen LogP contribution in [-0.4, -0.2) is 60.9 Å². The lowest BCUT2D eigenvalue weighted by molar-refractivity contribution is -0.147. The van der Waals surface area contributed by atoms with Crippen LogP contribution in [-0.2, 0) is 9.59 Å². The number of carbonyl (C=O) groups excluding carboxylic acids is 2. The smallest absolute Gasteiger partial charge is 0.242 e. The highest BCUT2D eigenvalue weighted by Gasteiger charge is 2.33. The van der Waals surface area contributed by atoms with Gasteiger partial charge in [-0.3, -0.25) is 9.59 Å². The third kappa shape index (κ3) is 2.47. The molecule has 0 atom stereocenters. The molecule has 1 heterocycles. The quantitative estimate of drug-likeness (QED) is 0.659. The minimum Gasteiger partial charge on any atom is -0.342 e. The topological polar surface area (TPSA) is 52.7 Å². The van der Waals surface area contributed by atoms with Gasteiger partial charge in [-0.2, -0.15) is 0 Å². The van der Waals surface area contributed by atoms with Gasteiger partial charge in [0, 0.05) is 20.1 Å². The Morgan fingerprint density at radius 3 is 2.47 bits per heavy atom. The minimum atomic E-state index is -0.601. The number of amides is 2. The average molecular weight is 213 g/mol. The van der Waals surface area contributed by atoms with Crippen molar-refractivity contribution in [3.05, 3.63) is 0 Å². The van der Waals surface area contributed by atoms with E-state index in [9.17, 15) is 9.59 Å². The minimum absolute atomic E-state index is 0.00139. The predicted molar refractivity (Wildman–Crippen MR) is 57.4 cm³/mol. The molecule has 5 heteroatoms. The summed E-state index contributed by atoms with van der Waals surface area (Å²) in [5.41, 5.74) is -0.601. The highest BCUT2D eigenvalue weighted by atomic mass is 16.2. The molecule has 0 bridgehead atoms. The van der Waals surface area contributed by atoms with E-state index in [1.807, 2.05) is 13.8 Å². The number of nitrogens with zero attached hydrogens (tertiary/aromatic N) is 2. The molecule has 0 aromatic carbocycles. The maximum absolute atomic E-state index is 12.0. The van der Waals surface area contributed by atoms with Gasteiger partial charge in [-0.1, -0.05) is 0 Å². The number of likely N-dealkylation sites (N-methyl/N-ethyl adjacent to an activating group) is 2. The molecule has 1 aliphatic heterocycles. The van der Waals surface area contributed by atoms with E-state index in [-0.39, 0.29) is 18.4 Å². The van der Waals surface area contributed by atoms with Crippen LogP contribution in [0.2, 0.25) is 0 Å². The highest BCUT2D eigenvalue weighted by Crippen LogP contribution is 2.10. The van der Waals surface area contributed by atoms with E-state index in [0.717, 1.165) is 0 Å². The standard InChI is InChI=1S/C10H19N3O2/c1-10(2,11-3)9(15)13-6-5-12(4)8(14)7-13/h11H,5-7H2,1-4H3. The van der Waals surface area contributed by atoms with Gasteiger partial charge in [0.15, 0.2) is 0 Å². The third-order valence-electron chi connectivity index (χ3n) is 2.90. The van der Waals surface area contributed by atoms with E-state index < -0.39 is 5.54 Å². The van der Waals surface area contributed by atoms with Crippen LogP contribution in [0.25, 0.3) is 0 Å². The largest absolute Gasteiger partial charge is 0.342 e. The molecule has 1 saturated heterocycles. The van der Waals surface area contributed by atoms with E-state index in [4.69, 9.17) is 0 Å².